The number of ether oxygens (including phenoxy) is 1. The zero-order valence-corrected chi connectivity index (χ0v) is 9.95. The molecule has 1 unspecified atom stereocenters. The van der Waals surface area contributed by atoms with Gasteiger partial charge in [0.2, 0.25) is 0 Å². The number of benzene rings is 2. The van der Waals surface area contributed by atoms with Crippen LogP contribution in [0.3, 0.4) is 0 Å². The Kier molecular flexibility index (Phi) is 3.36. The minimum absolute atomic E-state index is 0.432. The van der Waals surface area contributed by atoms with Crippen molar-refractivity contribution in [1.29, 1.82) is 0 Å². The molecule has 2 nitrogen and oxygen atoms in total. The molecule has 0 radical (unpaired) electrons. The van der Waals surface area contributed by atoms with Crippen LogP contribution in [-0.2, 0) is 0 Å². The van der Waals surface area contributed by atoms with Crippen molar-refractivity contribution in [2.45, 2.75) is 6.10 Å². The number of aliphatic hydroxyl groups excluding tert-OH is 1. The summed E-state index contributed by atoms with van der Waals surface area (Å²) >= 11 is 4.08. The Hall–Kier alpha value is -1.19. The van der Waals surface area contributed by atoms with Crippen molar-refractivity contribution in [3.63, 3.8) is 0 Å². The Morgan fingerprint density at radius 3 is 2.56 bits per heavy atom. The van der Waals surface area contributed by atoms with Gasteiger partial charge >= 0.3 is 0 Å². The van der Waals surface area contributed by atoms with E-state index in [2.05, 4.69) is 12.6 Å². The highest BCUT2D eigenvalue weighted by Gasteiger charge is 2.05. The van der Waals surface area contributed by atoms with E-state index >= 15 is 0 Å². The number of thiol groups is 1. The van der Waals surface area contributed by atoms with Crippen molar-refractivity contribution < 1.29 is 9.84 Å². The number of hydrogen-bond donors (Lipinski definition) is 2. The van der Waals surface area contributed by atoms with Crippen molar-refractivity contribution in [3.8, 4) is 5.75 Å². The summed E-state index contributed by atoms with van der Waals surface area (Å²) in [4.78, 5) is 0. The van der Waals surface area contributed by atoms with Gasteiger partial charge in [-0.3, -0.25) is 0 Å². The lowest BCUT2D eigenvalue weighted by molar-refractivity contribution is 0.204. The molecule has 2 aromatic rings. The minimum Gasteiger partial charge on any atom is -0.497 e. The van der Waals surface area contributed by atoms with E-state index in [0.29, 0.717) is 5.75 Å². The van der Waals surface area contributed by atoms with Crippen LogP contribution in [0.4, 0.5) is 0 Å². The van der Waals surface area contributed by atoms with Gasteiger partial charge in [0.25, 0.3) is 0 Å². The zero-order valence-electron chi connectivity index (χ0n) is 9.05. The Labute approximate surface area is 100 Å². The van der Waals surface area contributed by atoms with Crippen molar-refractivity contribution in [2.75, 3.05) is 12.9 Å². The van der Waals surface area contributed by atoms with Crippen molar-refractivity contribution in [2.24, 2.45) is 0 Å². The van der Waals surface area contributed by atoms with E-state index in [1.54, 1.807) is 7.11 Å². The second kappa shape index (κ2) is 4.76. The highest BCUT2D eigenvalue weighted by atomic mass is 32.1. The Morgan fingerprint density at radius 2 is 1.88 bits per heavy atom. The normalized spacial score (nSPS) is 12.7. The van der Waals surface area contributed by atoms with Gasteiger partial charge in [-0.25, -0.2) is 0 Å². The van der Waals surface area contributed by atoms with E-state index < -0.39 is 6.10 Å². The molecular weight excluding hydrogens is 220 g/mol. The predicted octanol–water partition coefficient (Wildman–Crippen LogP) is 2.81. The SMILES string of the molecule is COc1ccc2cc(C(O)CS)ccc2c1. The molecule has 84 valence electrons. The fraction of sp³-hybridized carbons (Fsp3) is 0.231. The second-order valence-electron chi connectivity index (χ2n) is 3.67. The Morgan fingerprint density at radius 1 is 1.19 bits per heavy atom. The fourth-order valence-corrected chi connectivity index (χ4v) is 1.89. The molecule has 0 saturated heterocycles. The van der Waals surface area contributed by atoms with Crippen molar-refractivity contribution in [1.82, 2.24) is 0 Å². The van der Waals surface area contributed by atoms with E-state index in [-0.39, 0.29) is 0 Å². The lowest BCUT2D eigenvalue weighted by Crippen LogP contribution is -1.98. The van der Waals surface area contributed by atoms with Gasteiger partial charge in [0.15, 0.2) is 0 Å². The van der Waals surface area contributed by atoms with E-state index in [4.69, 9.17) is 4.74 Å². The summed E-state index contributed by atoms with van der Waals surface area (Å²) in [5, 5.41) is 11.9. The quantitative estimate of drug-likeness (QED) is 0.800. The first-order valence-corrected chi connectivity index (χ1v) is 5.74. The topological polar surface area (TPSA) is 29.5 Å². The minimum atomic E-state index is -0.505. The molecule has 0 aliphatic carbocycles. The predicted molar refractivity (Wildman–Crippen MR) is 69.3 cm³/mol. The molecule has 0 bridgehead atoms. The molecule has 0 aliphatic heterocycles. The summed E-state index contributed by atoms with van der Waals surface area (Å²) < 4.78 is 5.16. The maximum atomic E-state index is 9.69. The van der Waals surface area contributed by atoms with Crippen LogP contribution >= 0.6 is 12.6 Å². The molecule has 0 aromatic heterocycles. The first-order chi connectivity index (χ1) is 7.74. The molecular formula is C13H14O2S. The van der Waals surface area contributed by atoms with Crippen molar-refractivity contribution in [3.05, 3.63) is 42.0 Å². The molecule has 2 rings (SSSR count). The third-order valence-electron chi connectivity index (χ3n) is 2.63. The van der Waals surface area contributed by atoms with Gasteiger partial charge in [0.05, 0.1) is 13.2 Å². The Balaban J connectivity index is 2.47. The van der Waals surface area contributed by atoms with Gasteiger partial charge in [-0.05, 0) is 34.5 Å². The molecule has 0 fully saturated rings. The molecule has 1 N–H and O–H groups in total. The van der Waals surface area contributed by atoms with Gasteiger partial charge in [-0.15, -0.1) is 0 Å². The second-order valence-corrected chi connectivity index (χ2v) is 4.04. The van der Waals surface area contributed by atoms with Crippen LogP contribution in [0.25, 0.3) is 10.8 Å². The smallest absolute Gasteiger partial charge is 0.119 e. The monoisotopic (exact) mass is 234 g/mol. The molecule has 0 heterocycles. The molecule has 0 aliphatic rings. The molecule has 0 saturated carbocycles. The van der Waals surface area contributed by atoms with Gasteiger partial charge in [0.1, 0.15) is 5.75 Å². The number of aliphatic hydroxyl groups is 1. The average Bonchev–Trinajstić information content (AvgIpc) is 2.36. The summed E-state index contributed by atoms with van der Waals surface area (Å²) in [7, 11) is 1.65. The summed E-state index contributed by atoms with van der Waals surface area (Å²) in [6.45, 7) is 0. The van der Waals surface area contributed by atoms with E-state index in [9.17, 15) is 5.11 Å². The largest absolute Gasteiger partial charge is 0.497 e. The van der Waals surface area contributed by atoms with Crippen LogP contribution in [0.5, 0.6) is 5.75 Å². The first-order valence-electron chi connectivity index (χ1n) is 5.11. The lowest BCUT2D eigenvalue weighted by atomic mass is 10.0. The first kappa shape index (κ1) is 11.3. The van der Waals surface area contributed by atoms with E-state index in [1.165, 1.54) is 0 Å². The molecule has 16 heavy (non-hydrogen) atoms. The van der Waals surface area contributed by atoms with E-state index in [1.807, 2.05) is 36.4 Å². The van der Waals surface area contributed by atoms with Crippen LogP contribution in [-0.4, -0.2) is 18.0 Å². The lowest BCUT2D eigenvalue weighted by Gasteiger charge is -2.09. The van der Waals surface area contributed by atoms with Gasteiger partial charge in [0, 0.05) is 5.75 Å². The molecule has 3 heteroatoms. The number of hydrogen-bond acceptors (Lipinski definition) is 3. The number of methoxy groups -OCH3 is 1. The molecule has 0 spiro atoms. The summed E-state index contributed by atoms with van der Waals surface area (Å²) in [5.74, 6) is 1.27. The standard InChI is InChI=1S/C13H14O2S/c1-15-12-5-4-9-6-11(13(14)8-16)3-2-10(9)7-12/h2-7,13-14,16H,8H2,1H3. The molecule has 2 aromatic carbocycles. The Bertz CT molecular complexity index is 496. The summed E-state index contributed by atoms with van der Waals surface area (Å²) in [6.07, 6.45) is -0.505. The van der Waals surface area contributed by atoms with Crippen LogP contribution in [0.15, 0.2) is 36.4 Å². The van der Waals surface area contributed by atoms with Crippen LogP contribution in [0, 0.1) is 0 Å². The van der Waals surface area contributed by atoms with Crippen LogP contribution in [0.2, 0.25) is 0 Å². The molecule has 0 amide bonds. The maximum Gasteiger partial charge on any atom is 0.119 e. The summed E-state index contributed by atoms with van der Waals surface area (Å²) in [5.41, 5.74) is 0.896. The van der Waals surface area contributed by atoms with Gasteiger partial charge in [-0.1, -0.05) is 18.2 Å². The van der Waals surface area contributed by atoms with Gasteiger partial charge in [-0.2, -0.15) is 12.6 Å². The van der Waals surface area contributed by atoms with Crippen molar-refractivity contribution >= 4 is 23.4 Å². The average molecular weight is 234 g/mol. The van der Waals surface area contributed by atoms with Gasteiger partial charge < -0.3 is 9.84 Å². The molecule has 1 atom stereocenters. The highest BCUT2D eigenvalue weighted by Crippen LogP contribution is 2.24. The fourth-order valence-electron chi connectivity index (χ4n) is 1.68. The third-order valence-corrected chi connectivity index (χ3v) is 2.98. The highest BCUT2D eigenvalue weighted by molar-refractivity contribution is 7.80. The van der Waals surface area contributed by atoms with Crippen LogP contribution < -0.4 is 4.74 Å². The van der Waals surface area contributed by atoms with Crippen LogP contribution in [0.1, 0.15) is 11.7 Å². The maximum absolute atomic E-state index is 9.69. The van der Waals surface area contributed by atoms with E-state index in [0.717, 1.165) is 22.1 Å². The third kappa shape index (κ3) is 2.15. The number of fused-ring (bicyclic) bond motifs is 1. The summed E-state index contributed by atoms with van der Waals surface area (Å²) in [6, 6.07) is 11.8. The zero-order chi connectivity index (χ0) is 11.5. The number of rotatable bonds is 3.